The summed E-state index contributed by atoms with van der Waals surface area (Å²) in [7, 11) is 1.96. The minimum Gasteiger partial charge on any atom is -0.340 e. The summed E-state index contributed by atoms with van der Waals surface area (Å²) < 4.78 is 4.03. The lowest BCUT2D eigenvalue weighted by atomic mass is 10.1. The predicted molar refractivity (Wildman–Crippen MR) is 80.1 cm³/mol. The van der Waals surface area contributed by atoms with Gasteiger partial charge in [0.15, 0.2) is 0 Å². The summed E-state index contributed by atoms with van der Waals surface area (Å²) >= 11 is 0. The van der Waals surface area contributed by atoms with Crippen molar-refractivity contribution >= 4 is 5.91 Å². The second-order valence-corrected chi connectivity index (χ2v) is 6.10. The Morgan fingerprint density at radius 2 is 2.36 bits per heavy atom. The van der Waals surface area contributed by atoms with Gasteiger partial charge in [0.25, 0.3) is 5.91 Å². The first-order chi connectivity index (χ1) is 10.7. The lowest BCUT2D eigenvalue weighted by molar-refractivity contribution is 0.0924. The fourth-order valence-electron chi connectivity index (χ4n) is 3.01. The third-order valence-corrected chi connectivity index (χ3v) is 4.42. The molecule has 0 bridgehead atoms. The normalized spacial score (nSPS) is 18.8. The molecule has 1 saturated carbocycles. The zero-order valence-electron chi connectivity index (χ0n) is 12.6. The highest BCUT2D eigenvalue weighted by molar-refractivity contribution is 5.92. The molecule has 7 heteroatoms. The highest BCUT2D eigenvalue weighted by Crippen LogP contribution is 2.40. The summed E-state index contributed by atoms with van der Waals surface area (Å²) in [5, 5.41) is 6.39. The SMILES string of the molecule is Cn1ccnc1C(NC(=O)c1cn2c(n1)CNCC2)C1CC1. The van der Waals surface area contributed by atoms with E-state index >= 15 is 0 Å². The molecule has 0 saturated heterocycles. The Labute approximate surface area is 128 Å². The molecule has 2 aromatic heterocycles. The molecule has 0 aromatic carbocycles. The Balaban J connectivity index is 1.55. The maximum atomic E-state index is 12.6. The Hall–Kier alpha value is -2.15. The maximum absolute atomic E-state index is 12.6. The van der Waals surface area contributed by atoms with Crippen LogP contribution in [0.5, 0.6) is 0 Å². The second-order valence-electron chi connectivity index (χ2n) is 6.10. The van der Waals surface area contributed by atoms with Gasteiger partial charge in [-0.1, -0.05) is 0 Å². The van der Waals surface area contributed by atoms with Crippen LogP contribution in [0.15, 0.2) is 18.6 Å². The van der Waals surface area contributed by atoms with E-state index in [2.05, 4.69) is 25.2 Å². The van der Waals surface area contributed by atoms with Crippen molar-refractivity contribution in [1.82, 2.24) is 29.7 Å². The van der Waals surface area contributed by atoms with Gasteiger partial charge in [-0.05, 0) is 18.8 Å². The second kappa shape index (κ2) is 5.24. The summed E-state index contributed by atoms with van der Waals surface area (Å²) in [5.41, 5.74) is 0.499. The fraction of sp³-hybridized carbons (Fsp3) is 0.533. The van der Waals surface area contributed by atoms with E-state index < -0.39 is 0 Å². The van der Waals surface area contributed by atoms with Gasteiger partial charge in [-0.25, -0.2) is 9.97 Å². The van der Waals surface area contributed by atoms with Crippen molar-refractivity contribution in [2.45, 2.75) is 32.0 Å². The minimum absolute atomic E-state index is 0.0237. The topological polar surface area (TPSA) is 76.8 Å². The molecular weight excluding hydrogens is 280 g/mol. The van der Waals surface area contributed by atoms with E-state index in [0.29, 0.717) is 11.6 Å². The molecule has 2 aliphatic rings. The van der Waals surface area contributed by atoms with Gasteiger partial charge in [0.05, 0.1) is 12.6 Å². The van der Waals surface area contributed by atoms with Gasteiger partial charge in [-0.3, -0.25) is 4.79 Å². The smallest absolute Gasteiger partial charge is 0.272 e. The monoisotopic (exact) mass is 300 g/mol. The number of aromatic nitrogens is 4. The van der Waals surface area contributed by atoms with Gasteiger partial charge in [0.2, 0.25) is 0 Å². The molecule has 4 rings (SSSR count). The molecule has 22 heavy (non-hydrogen) atoms. The van der Waals surface area contributed by atoms with Crippen LogP contribution >= 0.6 is 0 Å². The molecule has 1 atom stereocenters. The molecule has 0 radical (unpaired) electrons. The van der Waals surface area contributed by atoms with Crippen LogP contribution in [0.4, 0.5) is 0 Å². The van der Waals surface area contributed by atoms with Gasteiger partial charge in [-0.2, -0.15) is 0 Å². The zero-order valence-corrected chi connectivity index (χ0v) is 12.6. The van der Waals surface area contributed by atoms with Crippen molar-refractivity contribution in [3.05, 3.63) is 35.9 Å². The van der Waals surface area contributed by atoms with E-state index in [9.17, 15) is 4.79 Å². The van der Waals surface area contributed by atoms with Crippen molar-refractivity contribution in [2.75, 3.05) is 6.54 Å². The van der Waals surface area contributed by atoms with E-state index in [1.165, 1.54) is 0 Å². The van der Waals surface area contributed by atoms with Crippen LogP contribution in [-0.4, -0.2) is 31.6 Å². The van der Waals surface area contributed by atoms with Crippen LogP contribution in [0.25, 0.3) is 0 Å². The van der Waals surface area contributed by atoms with Gasteiger partial charge < -0.3 is 19.8 Å². The summed E-state index contributed by atoms with van der Waals surface area (Å²) in [6.45, 7) is 2.50. The van der Waals surface area contributed by atoms with Crippen LogP contribution in [0, 0.1) is 5.92 Å². The number of rotatable bonds is 4. The molecule has 1 aliphatic heterocycles. The third-order valence-electron chi connectivity index (χ3n) is 4.42. The first kappa shape index (κ1) is 13.5. The van der Waals surface area contributed by atoms with E-state index in [0.717, 1.165) is 44.1 Å². The van der Waals surface area contributed by atoms with Gasteiger partial charge in [-0.15, -0.1) is 0 Å². The third kappa shape index (κ3) is 2.41. The first-order valence-electron chi connectivity index (χ1n) is 7.77. The van der Waals surface area contributed by atoms with Crippen molar-refractivity contribution in [1.29, 1.82) is 0 Å². The lowest BCUT2D eigenvalue weighted by Crippen LogP contribution is -2.32. The molecule has 116 valence electrons. The molecule has 1 aliphatic carbocycles. The average Bonchev–Trinajstić information content (AvgIpc) is 3.12. The first-order valence-corrected chi connectivity index (χ1v) is 7.77. The summed E-state index contributed by atoms with van der Waals surface area (Å²) in [6.07, 6.45) is 7.83. The molecule has 1 amide bonds. The number of aryl methyl sites for hydroxylation is 1. The minimum atomic E-state index is -0.109. The maximum Gasteiger partial charge on any atom is 0.272 e. The lowest BCUT2D eigenvalue weighted by Gasteiger charge is -2.17. The number of nitrogens with one attached hydrogen (secondary N) is 2. The number of amides is 1. The number of fused-ring (bicyclic) bond motifs is 1. The Kier molecular flexibility index (Phi) is 3.22. The van der Waals surface area contributed by atoms with Crippen molar-refractivity contribution in [3.8, 4) is 0 Å². The zero-order chi connectivity index (χ0) is 15.1. The number of carbonyl (C=O) groups is 1. The molecule has 7 nitrogen and oxygen atoms in total. The van der Waals surface area contributed by atoms with Crippen LogP contribution < -0.4 is 10.6 Å². The Morgan fingerprint density at radius 3 is 3.05 bits per heavy atom. The average molecular weight is 300 g/mol. The van der Waals surface area contributed by atoms with Crippen molar-refractivity contribution in [3.63, 3.8) is 0 Å². The quantitative estimate of drug-likeness (QED) is 0.867. The van der Waals surface area contributed by atoms with Gasteiger partial charge in [0, 0.05) is 38.7 Å². The molecule has 1 unspecified atom stereocenters. The van der Waals surface area contributed by atoms with E-state index in [4.69, 9.17) is 0 Å². The van der Waals surface area contributed by atoms with Gasteiger partial charge >= 0.3 is 0 Å². The van der Waals surface area contributed by atoms with Crippen LogP contribution in [0.3, 0.4) is 0 Å². The Bertz CT molecular complexity index is 675. The summed E-state index contributed by atoms with van der Waals surface area (Å²) in [4.78, 5) is 21.4. The highest BCUT2D eigenvalue weighted by atomic mass is 16.2. The van der Waals surface area contributed by atoms with Crippen molar-refractivity contribution < 1.29 is 4.79 Å². The molecule has 0 spiro atoms. The number of hydrogen-bond acceptors (Lipinski definition) is 4. The molecular formula is C15H20N6O. The largest absolute Gasteiger partial charge is 0.340 e. The number of carbonyl (C=O) groups excluding carboxylic acids is 1. The van der Waals surface area contributed by atoms with Crippen LogP contribution in [0.2, 0.25) is 0 Å². The summed E-state index contributed by atoms with van der Waals surface area (Å²) in [6, 6.07) is -0.0237. The summed E-state index contributed by atoms with van der Waals surface area (Å²) in [5.74, 6) is 2.23. The van der Waals surface area contributed by atoms with E-state index in [1.807, 2.05) is 24.0 Å². The molecule has 3 heterocycles. The number of imidazole rings is 2. The molecule has 2 N–H and O–H groups in total. The van der Waals surface area contributed by atoms with E-state index in [-0.39, 0.29) is 11.9 Å². The fourth-order valence-corrected chi connectivity index (χ4v) is 3.01. The highest BCUT2D eigenvalue weighted by Gasteiger charge is 2.36. The Morgan fingerprint density at radius 1 is 1.50 bits per heavy atom. The van der Waals surface area contributed by atoms with Crippen molar-refractivity contribution in [2.24, 2.45) is 13.0 Å². The molecule has 2 aromatic rings. The standard InChI is InChI=1S/C15H20N6O/c1-20-6-5-17-14(20)13(10-2-3-10)19-15(22)11-9-21-7-4-16-8-12(21)18-11/h5-6,9-10,13,16H,2-4,7-8H2,1H3,(H,19,22). The molecule has 1 fully saturated rings. The number of hydrogen-bond donors (Lipinski definition) is 2. The van der Waals surface area contributed by atoms with E-state index in [1.54, 1.807) is 6.20 Å². The van der Waals surface area contributed by atoms with Gasteiger partial charge in [0.1, 0.15) is 17.3 Å². The predicted octanol–water partition coefficient (Wildman–Crippen LogP) is 0.601. The number of nitrogens with zero attached hydrogens (tertiary/aromatic N) is 4. The van der Waals surface area contributed by atoms with Crippen LogP contribution in [-0.2, 0) is 20.1 Å². The van der Waals surface area contributed by atoms with Crippen LogP contribution in [0.1, 0.15) is 41.0 Å².